The lowest BCUT2D eigenvalue weighted by atomic mass is 9.97. The fourth-order valence-electron chi connectivity index (χ4n) is 3.03. The number of aromatic nitrogens is 1. The predicted molar refractivity (Wildman–Crippen MR) is 107 cm³/mol. The van der Waals surface area contributed by atoms with Crippen molar-refractivity contribution in [2.45, 2.75) is 46.0 Å². The Hall–Kier alpha value is -3.07. The summed E-state index contributed by atoms with van der Waals surface area (Å²) < 4.78 is 6.61. The average molecular weight is 382 g/mol. The summed E-state index contributed by atoms with van der Waals surface area (Å²) in [5.74, 6) is -0.224. The van der Waals surface area contributed by atoms with E-state index in [4.69, 9.17) is 4.74 Å². The summed E-state index contributed by atoms with van der Waals surface area (Å²) in [6, 6.07) is 8.46. The van der Waals surface area contributed by atoms with Gasteiger partial charge >= 0.3 is 0 Å². The minimum atomic E-state index is -0.628. The Kier molecular flexibility index (Phi) is 7.39. The molecule has 0 radical (unpaired) electrons. The fourth-order valence-corrected chi connectivity index (χ4v) is 3.03. The lowest BCUT2D eigenvalue weighted by Gasteiger charge is -2.13. The topological polar surface area (TPSA) is 92.3 Å². The van der Waals surface area contributed by atoms with Crippen LogP contribution in [0.25, 0.3) is 0 Å². The van der Waals surface area contributed by atoms with Gasteiger partial charge in [-0.05, 0) is 43.2 Å². The van der Waals surface area contributed by atoms with Gasteiger partial charge in [0.2, 0.25) is 5.88 Å². The first-order valence-corrected chi connectivity index (χ1v) is 9.52. The van der Waals surface area contributed by atoms with Crippen LogP contribution in [0.3, 0.4) is 0 Å². The van der Waals surface area contributed by atoms with Crippen molar-refractivity contribution in [3.05, 3.63) is 56.9 Å². The van der Waals surface area contributed by atoms with Gasteiger partial charge < -0.3 is 9.84 Å². The summed E-state index contributed by atoms with van der Waals surface area (Å²) in [6.07, 6.45) is 5.78. The van der Waals surface area contributed by atoms with E-state index in [0.717, 1.165) is 17.4 Å². The molecule has 2 aromatic rings. The van der Waals surface area contributed by atoms with Gasteiger partial charge in [0.25, 0.3) is 5.56 Å². The number of aromatic hydroxyl groups is 1. The van der Waals surface area contributed by atoms with Crippen molar-refractivity contribution < 1.29 is 14.6 Å². The third kappa shape index (κ3) is 4.61. The molecule has 1 aromatic carbocycles. The first-order chi connectivity index (χ1) is 13.4. The molecule has 0 atom stereocenters. The molecule has 0 aliphatic rings. The minimum Gasteiger partial charge on any atom is -0.494 e. The fraction of sp³-hybridized carbons (Fsp3) is 0.409. The number of benzene rings is 1. The van der Waals surface area contributed by atoms with Gasteiger partial charge in [-0.15, -0.1) is 0 Å². The van der Waals surface area contributed by atoms with Crippen LogP contribution in [0.2, 0.25) is 0 Å². The summed E-state index contributed by atoms with van der Waals surface area (Å²) >= 11 is 0. The van der Waals surface area contributed by atoms with E-state index in [-0.39, 0.29) is 16.7 Å². The van der Waals surface area contributed by atoms with Crippen LogP contribution < -0.4 is 10.3 Å². The second-order valence-electron chi connectivity index (χ2n) is 6.79. The molecule has 1 N–H and O–H groups in total. The molecule has 0 unspecified atom stereocenters. The van der Waals surface area contributed by atoms with Crippen molar-refractivity contribution in [2.24, 2.45) is 7.05 Å². The molecular weight excluding hydrogens is 356 g/mol. The molecule has 0 amide bonds. The average Bonchev–Trinajstić information content (AvgIpc) is 2.70. The summed E-state index contributed by atoms with van der Waals surface area (Å²) in [4.78, 5) is 24.9. The van der Waals surface area contributed by atoms with Crippen molar-refractivity contribution in [2.75, 3.05) is 6.61 Å². The monoisotopic (exact) mass is 382 g/mol. The predicted octanol–water partition coefficient (Wildman–Crippen LogP) is 3.85. The zero-order valence-corrected chi connectivity index (χ0v) is 16.6. The molecule has 1 heterocycles. The lowest BCUT2D eigenvalue weighted by Crippen LogP contribution is -2.24. The number of ether oxygens (including phenoxy) is 1. The quantitative estimate of drug-likeness (QED) is 0.525. The second-order valence-corrected chi connectivity index (χ2v) is 6.79. The van der Waals surface area contributed by atoms with Gasteiger partial charge in [-0.1, -0.05) is 32.6 Å². The van der Waals surface area contributed by atoms with Crippen LogP contribution in [-0.4, -0.2) is 22.1 Å². The molecule has 0 bridgehead atoms. The van der Waals surface area contributed by atoms with E-state index in [0.29, 0.717) is 17.9 Å². The zero-order valence-electron chi connectivity index (χ0n) is 16.6. The molecule has 1 aromatic heterocycles. The number of pyridine rings is 1. The number of hydrogen-bond donors (Lipinski definition) is 1. The van der Waals surface area contributed by atoms with Crippen molar-refractivity contribution >= 4 is 5.78 Å². The SMILES string of the molecule is CCCCCCCOc1ccc(C(=O)c2c(C)c(C#N)c(=O)n(C)c2O)cc1. The number of nitriles is 1. The Bertz CT molecular complexity index is 937. The number of ketones is 1. The number of carbonyl (C=O) groups is 1. The van der Waals surface area contributed by atoms with Crippen molar-refractivity contribution in [1.82, 2.24) is 4.57 Å². The van der Waals surface area contributed by atoms with Gasteiger partial charge in [-0.25, -0.2) is 0 Å². The van der Waals surface area contributed by atoms with Gasteiger partial charge in [-0.3, -0.25) is 14.2 Å². The molecule has 0 aliphatic heterocycles. The Morgan fingerprint density at radius 1 is 1.18 bits per heavy atom. The smallest absolute Gasteiger partial charge is 0.271 e. The van der Waals surface area contributed by atoms with Gasteiger partial charge in [0.15, 0.2) is 5.78 Å². The van der Waals surface area contributed by atoms with Gasteiger partial charge in [-0.2, -0.15) is 5.26 Å². The molecular formula is C22H26N2O4. The molecule has 2 rings (SSSR count). The first-order valence-electron chi connectivity index (χ1n) is 9.52. The standard InChI is InChI=1S/C22H26N2O4/c1-4-5-6-7-8-13-28-17-11-9-16(10-12-17)20(25)19-15(2)18(14-23)21(26)24(3)22(19)27/h9-12,27H,4-8,13H2,1-3H3. The molecule has 6 heteroatoms. The van der Waals surface area contributed by atoms with E-state index in [1.807, 2.05) is 6.07 Å². The number of unbranched alkanes of at least 4 members (excludes halogenated alkanes) is 4. The Morgan fingerprint density at radius 2 is 1.82 bits per heavy atom. The molecule has 28 heavy (non-hydrogen) atoms. The molecule has 148 valence electrons. The molecule has 0 spiro atoms. The maximum Gasteiger partial charge on any atom is 0.271 e. The van der Waals surface area contributed by atoms with Crippen LogP contribution in [0.5, 0.6) is 11.6 Å². The third-order valence-corrected chi connectivity index (χ3v) is 4.78. The first kappa shape index (κ1) is 21.2. The summed E-state index contributed by atoms with van der Waals surface area (Å²) in [6.45, 7) is 4.29. The van der Waals surface area contributed by atoms with Crippen molar-refractivity contribution in [1.29, 1.82) is 5.26 Å². The van der Waals surface area contributed by atoms with Gasteiger partial charge in [0.1, 0.15) is 17.4 Å². The van der Waals surface area contributed by atoms with Crippen LogP contribution in [0, 0.1) is 18.3 Å². The lowest BCUT2D eigenvalue weighted by molar-refractivity contribution is 0.103. The second kappa shape index (κ2) is 9.75. The largest absolute Gasteiger partial charge is 0.494 e. The van der Waals surface area contributed by atoms with Gasteiger partial charge in [0, 0.05) is 12.6 Å². The van der Waals surface area contributed by atoms with E-state index in [1.165, 1.54) is 33.2 Å². The van der Waals surface area contributed by atoms with Crippen LogP contribution in [0.15, 0.2) is 29.1 Å². The summed E-state index contributed by atoms with van der Waals surface area (Å²) in [7, 11) is 1.33. The molecule has 6 nitrogen and oxygen atoms in total. The van der Waals surface area contributed by atoms with Crippen LogP contribution in [0.1, 0.15) is 66.1 Å². The number of hydrogen-bond acceptors (Lipinski definition) is 5. The van der Waals surface area contributed by atoms with Crippen molar-refractivity contribution in [3.8, 4) is 17.7 Å². The Morgan fingerprint density at radius 3 is 2.43 bits per heavy atom. The minimum absolute atomic E-state index is 0.0387. The highest BCUT2D eigenvalue weighted by Gasteiger charge is 2.23. The van der Waals surface area contributed by atoms with Crippen LogP contribution >= 0.6 is 0 Å². The highest BCUT2D eigenvalue weighted by Crippen LogP contribution is 2.25. The van der Waals surface area contributed by atoms with E-state index < -0.39 is 17.2 Å². The number of nitrogens with zero attached hydrogens (tertiary/aromatic N) is 2. The maximum atomic E-state index is 12.9. The van der Waals surface area contributed by atoms with Gasteiger partial charge in [0.05, 0.1) is 12.2 Å². The summed E-state index contributed by atoms with van der Waals surface area (Å²) in [5, 5.41) is 19.5. The zero-order chi connectivity index (χ0) is 20.7. The molecule has 0 saturated carbocycles. The highest BCUT2D eigenvalue weighted by atomic mass is 16.5. The molecule has 0 aliphatic carbocycles. The van der Waals surface area contributed by atoms with E-state index in [1.54, 1.807) is 24.3 Å². The van der Waals surface area contributed by atoms with E-state index in [9.17, 15) is 20.0 Å². The number of carbonyl (C=O) groups excluding carboxylic acids is 1. The van der Waals surface area contributed by atoms with E-state index in [2.05, 4.69) is 6.92 Å². The maximum absolute atomic E-state index is 12.9. The highest BCUT2D eigenvalue weighted by molar-refractivity contribution is 6.11. The number of rotatable bonds is 9. The van der Waals surface area contributed by atoms with E-state index >= 15 is 0 Å². The normalized spacial score (nSPS) is 10.5. The van der Waals surface area contributed by atoms with Crippen molar-refractivity contribution in [3.63, 3.8) is 0 Å². The summed E-state index contributed by atoms with van der Waals surface area (Å²) in [5.41, 5.74) is -0.289. The molecule has 0 saturated heterocycles. The van der Waals surface area contributed by atoms with Crippen LogP contribution in [-0.2, 0) is 7.05 Å². The Balaban J connectivity index is 2.15. The van der Waals surface area contributed by atoms with Crippen LogP contribution in [0.4, 0.5) is 0 Å². The Labute approximate surface area is 165 Å². The molecule has 0 fully saturated rings. The third-order valence-electron chi connectivity index (χ3n) is 4.78.